The van der Waals surface area contributed by atoms with Gasteiger partial charge in [0.25, 0.3) is 0 Å². The van der Waals surface area contributed by atoms with Crippen LogP contribution in [-0.4, -0.2) is 0 Å². The van der Waals surface area contributed by atoms with Crippen molar-refractivity contribution in [2.75, 3.05) is 0 Å². The maximum atomic E-state index is 2.46. The van der Waals surface area contributed by atoms with Crippen molar-refractivity contribution in [2.24, 2.45) is 0 Å². The Morgan fingerprint density at radius 1 is 1.31 bits per heavy atom. The van der Waals surface area contributed by atoms with Gasteiger partial charge in [-0.05, 0) is 68.6 Å². The Bertz CT molecular complexity index is 445. The standard InChI is InChI=1S/C10H8I2S/c1-2-6-3-4-7-5-8(11)13-10(7)9(6)12/h3-5H,2H2,1H3. The van der Waals surface area contributed by atoms with Gasteiger partial charge in [0.05, 0.1) is 2.88 Å². The van der Waals surface area contributed by atoms with Crippen LogP contribution in [0.5, 0.6) is 0 Å². The third-order valence-corrected chi connectivity index (χ3v) is 5.58. The number of aryl methyl sites for hydroxylation is 1. The lowest BCUT2D eigenvalue weighted by atomic mass is 10.1. The number of halogens is 2. The lowest BCUT2D eigenvalue weighted by Crippen LogP contribution is -1.84. The minimum atomic E-state index is 1.13. The van der Waals surface area contributed by atoms with Crippen molar-refractivity contribution in [2.45, 2.75) is 13.3 Å². The molecule has 68 valence electrons. The SMILES string of the molecule is CCc1ccc2cc(I)sc2c1I. The third-order valence-electron chi connectivity index (χ3n) is 2.06. The van der Waals surface area contributed by atoms with Gasteiger partial charge in [-0.1, -0.05) is 19.1 Å². The smallest absolute Gasteiger partial charge is 0.0666 e. The van der Waals surface area contributed by atoms with Crippen molar-refractivity contribution in [3.63, 3.8) is 0 Å². The molecule has 0 nitrogen and oxygen atoms in total. The Morgan fingerprint density at radius 2 is 2.08 bits per heavy atom. The van der Waals surface area contributed by atoms with Crippen molar-refractivity contribution in [1.82, 2.24) is 0 Å². The normalized spacial score (nSPS) is 11.0. The minimum Gasteiger partial charge on any atom is -0.128 e. The predicted octanol–water partition coefficient (Wildman–Crippen LogP) is 4.67. The molecule has 1 aromatic carbocycles. The fraction of sp³-hybridized carbons (Fsp3) is 0.200. The van der Waals surface area contributed by atoms with Crippen LogP contribution < -0.4 is 0 Å². The summed E-state index contributed by atoms with van der Waals surface area (Å²) < 4.78 is 4.26. The minimum absolute atomic E-state index is 1.13. The van der Waals surface area contributed by atoms with Gasteiger partial charge < -0.3 is 0 Å². The Balaban J connectivity index is 2.78. The lowest BCUT2D eigenvalue weighted by molar-refractivity contribution is 1.14. The molecule has 0 aliphatic heterocycles. The summed E-state index contributed by atoms with van der Waals surface area (Å²) >= 11 is 6.74. The van der Waals surface area contributed by atoms with E-state index in [4.69, 9.17) is 0 Å². The van der Waals surface area contributed by atoms with Crippen LogP contribution in [0.1, 0.15) is 12.5 Å². The van der Waals surface area contributed by atoms with Crippen LogP contribution >= 0.6 is 56.5 Å². The zero-order chi connectivity index (χ0) is 9.42. The number of thiophene rings is 1. The highest BCUT2D eigenvalue weighted by molar-refractivity contribution is 14.1. The molecule has 1 aromatic heterocycles. The predicted molar refractivity (Wildman–Crippen MR) is 76.6 cm³/mol. The fourth-order valence-corrected chi connectivity index (χ4v) is 4.40. The van der Waals surface area contributed by atoms with Gasteiger partial charge in [-0.2, -0.15) is 0 Å². The molecule has 0 fully saturated rings. The molecule has 2 aromatic rings. The Hall–Kier alpha value is 0.640. The van der Waals surface area contributed by atoms with Crippen molar-refractivity contribution in [3.8, 4) is 0 Å². The summed E-state index contributed by atoms with van der Waals surface area (Å²) in [5.41, 5.74) is 1.46. The molecule has 1 heterocycles. The lowest BCUT2D eigenvalue weighted by Gasteiger charge is -2.01. The average molecular weight is 414 g/mol. The summed E-state index contributed by atoms with van der Waals surface area (Å²) in [6.07, 6.45) is 1.13. The van der Waals surface area contributed by atoms with Crippen LogP contribution in [0, 0.1) is 6.45 Å². The van der Waals surface area contributed by atoms with Crippen LogP contribution in [0.4, 0.5) is 0 Å². The molecular formula is C10H8I2S. The molecule has 0 saturated carbocycles. The van der Waals surface area contributed by atoms with E-state index in [1.54, 1.807) is 0 Å². The van der Waals surface area contributed by atoms with Gasteiger partial charge in [0.2, 0.25) is 0 Å². The number of hydrogen-bond acceptors (Lipinski definition) is 1. The Kier molecular flexibility index (Phi) is 3.14. The second-order valence-electron chi connectivity index (χ2n) is 2.86. The maximum absolute atomic E-state index is 2.46. The third kappa shape index (κ3) is 1.87. The van der Waals surface area contributed by atoms with Crippen molar-refractivity contribution in [3.05, 3.63) is 30.2 Å². The highest BCUT2D eigenvalue weighted by Crippen LogP contribution is 2.32. The number of rotatable bonds is 1. The molecule has 0 unspecified atom stereocenters. The molecule has 0 bridgehead atoms. The van der Waals surface area contributed by atoms with Crippen molar-refractivity contribution >= 4 is 66.6 Å². The topological polar surface area (TPSA) is 0 Å². The molecule has 0 atom stereocenters. The van der Waals surface area contributed by atoms with E-state index in [-0.39, 0.29) is 0 Å². The van der Waals surface area contributed by atoms with Crippen molar-refractivity contribution in [1.29, 1.82) is 0 Å². The van der Waals surface area contributed by atoms with Crippen LogP contribution in [0.25, 0.3) is 10.1 Å². The second kappa shape index (κ2) is 4.02. The van der Waals surface area contributed by atoms with E-state index < -0.39 is 0 Å². The van der Waals surface area contributed by atoms with Crippen LogP contribution in [-0.2, 0) is 6.42 Å². The van der Waals surface area contributed by atoms with E-state index in [1.807, 2.05) is 11.3 Å². The molecule has 3 heteroatoms. The molecular weight excluding hydrogens is 406 g/mol. The van der Waals surface area contributed by atoms with Gasteiger partial charge in [-0.3, -0.25) is 0 Å². The first-order chi connectivity index (χ1) is 6.22. The second-order valence-corrected chi connectivity index (χ2v) is 6.89. The van der Waals surface area contributed by atoms with Gasteiger partial charge in [0.1, 0.15) is 0 Å². The van der Waals surface area contributed by atoms with E-state index in [1.165, 1.54) is 22.1 Å². The van der Waals surface area contributed by atoms with Crippen LogP contribution in [0.2, 0.25) is 0 Å². The molecule has 13 heavy (non-hydrogen) atoms. The van der Waals surface area contributed by atoms with Gasteiger partial charge in [0, 0.05) is 8.27 Å². The summed E-state index contributed by atoms with van der Waals surface area (Å²) in [5, 5.41) is 1.39. The summed E-state index contributed by atoms with van der Waals surface area (Å²) in [4.78, 5) is 0. The van der Waals surface area contributed by atoms with Crippen molar-refractivity contribution < 1.29 is 0 Å². The fourth-order valence-electron chi connectivity index (χ4n) is 1.35. The zero-order valence-corrected chi connectivity index (χ0v) is 12.2. The number of benzene rings is 1. The summed E-state index contributed by atoms with van der Waals surface area (Å²) in [6.45, 7) is 2.21. The Labute approximate surface area is 109 Å². The summed E-state index contributed by atoms with van der Waals surface area (Å²) in [7, 11) is 0. The van der Waals surface area contributed by atoms with E-state index in [0.717, 1.165) is 6.42 Å². The molecule has 0 radical (unpaired) electrons. The quantitative estimate of drug-likeness (QED) is 0.596. The average Bonchev–Trinajstić information content (AvgIpc) is 2.47. The number of fused-ring (bicyclic) bond motifs is 1. The zero-order valence-electron chi connectivity index (χ0n) is 7.10. The largest absolute Gasteiger partial charge is 0.128 e. The molecule has 0 saturated heterocycles. The van der Waals surface area contributed by atoms with E-state index in [9.17, 15) is 0 Å². The van der Waals surface area contributed by atoms with Crippen LogP contribution in [0.3, 0.4) is 0 Å². The van der Waals surface area contributed by atoms with Crippen LogP contribution in [0.15, 0.2) is 18.2 Å². The summed E-state index contributed by atoms with van der Waals surface area (Å²) in [5.74, 6) is 0. The van der Waals surface area contributed by atoms with E-state index in [2.05, 4.69) is 70.3 Å². The van der Waals surface area contributed by atoms with E-state index >= 15 is 0 Å². The molecule has 0 spiro atoms. The van der Waals surface area contributed by atoms with Gasteiger partial charge in [-0.25, -0.2) is 0 Å². The van der Waals surface area contributed by atoms with Gasteiger partial charge in [0.15, 0.2) is 0 Å². The number of hydrogen-bond donors (Lipinski definition) is 0. The monoisotopic (exact) mass is 414 g/mol. The molecule has 2 rings (SSSR count). The maximum Gasteiger partial charge on any atom is 0.0666 e. The first-order valence-electron chi connectivity index (χ1n) is 4.08. The first kappa shape index (κ1) is 10.2. The summed E-state index contributed by atoms with van der Waals surface area (Å²) in [6, 6.07) is 6.73. The first-order valence-corrected chi connectivity index (χ1v) is 7.06. The van der Waals surface area contributed by atoms with Gasteiger partial charge in [-0.15, -0.1) is 11.3 Å². The molecule has 0 N–H and O–H groups in total. The van der Waals surface area contributed by atoms with Gasteiger partial charge >= 0.3 is 0 Å². The Morgan fingerprint density at radius 3 is 2.77 bits per heavy atom. The molecule has 0 aliphatic rings. The highest BCUT2D eigenvalue weighted by Gasteiger charge is 2.06. The molecule has 0 amide bonds. The highest BCUT2D eigenvalue weighted by atomic mass is 127. The van der Waals surface area contributed by atoms with E-state index in [0.29, 0.717) is 0 Å². The molecule has 0 aliphatic carbocycles.